The van der Waals surface area contributed by atoms with E-state index in [4.69, 9.17) is 16.7 Å². The molecule has 2 unspecified atom stereocenters. The first-order chi connectivity index (χ1) is 7.06. The summed E-state index contributed by atoms with van der Waals surface area (Å²) in [4.78, 5) is 0. The van der Waals surface area contributed by atoms with E-state index in [0.29, 0.717) is 10.6 Å². The van der Waals surface area contributed by atoms with Gasteiger partial charge in [-0.25, -0.2) is 0 Å². The first-order valence-electron chi connectivity index (χ1n) is 4.79. The van der Waals surface area contributed by atoms with Gasteiger partial charge in [-0.1, -0.05) is 17.7 Å². The van der Waals surface area contributed by atoms with E-state index in [2.05, 4.69) is 0 Å². The van der Waals surface area contributed by atoms with Gasteiger partial charge in [0.2, 0.25) is 0 Å². The molecule has 0 aliphatic carbocycles. The SMILES string of the molecule is Cc1ccc(Cl)cc1C(O)C(O)CCO. The first-order valence-corrected chi connectivity index (χ1v) is 5.17. The summed E-state index contributed by atoms with van der Waals surface area (Å²) >= 11 is 5.80. The number of hydrogen-bond donors (Lipinski definition) is 3. The Balaban J connectivity index is 2.89. The molecule has 2 atom stereocenters. The Morgan fingerprint density at radius 3 is 2.60 bits per heavy atom. The summed E-state index contributed by atoms with van der Waals surface area (Å²) in [6.45, 7) is 1.68. The van der Waals surface area contributed by atoms with Crippen molar-refractivity contribution in [1.29, 1.82) is 0 Å². The fourth-order valence-corrected chi connectivity index (χ4v) is 1.61. The molecular formula is C11H15ClO3. The summed E-state index contributed by atoms with van der Waals surface area (Å²) in [5.41, 5.74) is 1.47. The molecule has 0 saturated carbocycles. The second-order valence-corrected chi connectivity index (χ2v) is 3.96. The van der Waals surface area contributed by atoms with E-state index in [9.17, 15) is 10.2 Å². The highest BCUT2D eigenvalue weighted by Gasteiger charge is 2.19. The predicted octanol–water partition coefficient (Wildman–Crippen LogP) is 1.43. The van der Waals surface area contributed by atoms with Crippen molar-refractivity contribution in [3.8, 4) is 0 Å². The minimum atomic E-state index is -1.00. The van der Waals surface area contributed by atoms with Crippen LogP contribution in [0.4, 0.5) is 0 Å². The molecule has 1 rings (SSSR count). The van der Waals surface area contributed by atoms with Crippen LogP contribution in [-0.4, -0.2) is 28.0 Å². The monoisotopic (exact) mass is 230 g/mol. The van der Waals surface area contributed by atoms with Gasteiger partial charge in [0, 0.05) is 11.6 Å². The molecule has 4 heteroatoms. The summed E-state index contributed by atoms with van der Waals surface area (Å²) in [6, 6.07) is 5.14. The zero-order chi connectivity index (χ0) is 11.4. The molecule has 0 saturated heterocycles. The molecule has 0 aliphatic rings. The lowest BCUT2D eigenvalue weighted by Gasteiger charge is -2.19. The van der Waals surface area contributed by atoms with Gasteiger partial charge in [0.15, 0.2) is 0 Å². The van der Waals surface area contributed by atoms with Crippen molar-refractivity contribution < 1.29 is 15.3 Å². The molecule has 0 amide bonds. The maximum absolute atomic E-state index is 9.81. The van der Waals surface area contributed by atoms with Crippen LogP contribution in [0, 0.1) is 6.92 Å². The van der Waals surface area contributed by atoms with Crippen molar-refractivity contribution in [2.75, 3.05) is 6.61 Å². The smallest absolute Gasteiger partial charge is 0.105 e. The van der Waals surface area contributed by atoms with Crippen molar-refractivity contribution in [2.24, 2.45) is 0 Å². The largest absolute Gasteiger partial charge is 0.396 e. The number of hydrogen-bond acceptors (Lipinski definition) is 3. The van der Waals surface area contributed by atoms with Gasteiger partial charge in [-0.15, -0.1) is 0 Å². The Labute approximate surface area is 93.9 Å². The topological polar surface area (TPSA) is 60.7 Å². The molecule has 1 aromatic carbocycles. The van der Waals surface area contributed by atoms with Gasteiger partial charge < -0.3 is 15.3 Å². The molecule has 0 spiro atoms. The van der Waals surface area contributed by atoms with Crippen LogP contribution < -0.4 is 0 Å². The highest BCUT2D eigenvalue weighted by molar-refractivity contribution is 6.30. The zero-order valence-corrected chi connectivity index (χ0v) is 9.28. The Morgan fingerprint density at radius 2 is 2.00 bits per heavy atom. The molecule has 0 radical (unpaired) electrons. The summed E-state index contributed by atoms with van der Waals surface area (Å²) in [7, 11) is 0. The average molecular weight is 231 g/mol. The molecule has 15 heavy (non-hydrogen) atoms. The average Bonchev–Trinajstić information content (AvgIpc) is 2.21. The fourth-order valence-electron chi connectivity index (χ4n) is 1.43. The van der Waals surface area contributed by atoms with Crippen LogP contribution in [0.25, 0.3) is 0 Å². The quantitative estimate of drug-likeness (QED) is 0.733. The highest BCUT2D eigenvalue weighted by atomic mass is 35.5. The Hall–Kier alpha value is -0.610. The van der Waals surface area contributed by atoms with Gasteiger partial charge in [-0.05, 0) is 36.6 Å². The molecule has 3 N–H and O–H groups in total. The van der Waals surface area contributed by atoms with Gasteiger partial charge in [0.25, 0.3) is 0 Å². The Morgan fingerprint density at radius 1 is 1.33 bits per heavy atom. The number of rotatable bonds is 4. The van der Waals surface area contributed by atoms with Crippen LogP contribution in [0.3, 0.4) is 0 Å². The maximum Gasteiger partial charge on any atom is 0.105 e. The summed E-state index contributed by atoms with van der Waals surface area (Å²) in [5.74, 6) is 0. The lowest BCUT2D eigenvalue weighted by Crippen LogP contribution is -2.20. The lowest BCUT2D eigenvalue weighted by atomic mass is 9.98. The highest BCUT2D eigenvalue weighted by Crippen LogP contribution is 2.25. The third-order valence-corrected chi connectivity index (χ3v) is 2.58. The van der Waals surface area contributed by atoms with Crippen molar-refractivity contribution in [1.82, 2.24) is 0 Å². The molecule has 0 bridgehead atoms. The second kappa shape index (κ2) is 5.47. The number of aryl methyl sites for hydroxylation is 1. The second-order valence-electron chi connectivity index (χ2n) is 3.53. The van der Waals surface area contributed by atoms with E-state index < -0.39 is 12.2 Å². The van der Waals surface area contributed by atoms with Gasteiger partial charge in [-0.3, -0.25) is 0 Å². The van der Waals surface area contributed by atoms with Crippen LogP contribution >= 0.6 is 11.6 Å². The van der Waals surface area contributed by atoms with Crippen LogP contribution in [-0.2, 0) is 0 Å². The summed E-state index contributed by atoms with van der Waals surface area (Å²) in [5, 5.41) is 28.5. The summed E-state index contributed by atoms with van der Waals surface area (Å²) in [6.07, 6.45) is -1.82. The normalized spacial score (nSPS) is 15.0. The molecule has 0 aromatic heterocycles. The number of halogens is 1. The van der Waals surface area contributed by atoms with Crippen molar-refractivity contribution in [3.63, 3.8) is 0 Å². The molecule has 0 aliphatic heterocycles. The number of benzene rings is 1. The van der Waals surface area contributed by atoms with E-state index in [1.807, 2.05) is 6.92 Å². The molecule has 84 valence electrons. The molecule has 1 aromatic rings. The standard InChI is InChI=1S/C11H15ClO3/c1-7-2-3-8(12)6-9(7)11(15)10(14)4-5-13/h2-3,6,10-11,13-15H,4-5H2,1H3. The molecule has 3 nitrogen and oxygen atoms in total. The Bertz CT molecular complexity index is 328. The Kier molecular flexibility index (Phi) is 4.54. The number of aliphatic hydroxyl groups excluding tert-OH is 3. The maximum atomic E-state index is 9.81. The lowest BCUT2D eigenvalue weighted by molar-refractivity contribution is 0.00389. The van der Waals surface area contributed by atoms with Crippen LogP contribution in [0.1, 0.15) is 23.7 Å². The van der Waals surface area contributed by atoms with Crippen LogP contribution in [0.5, 0.6) is 0 Å². The van der Waals surface area contributed by atoms with Gasteiger partial charge in [0.1, 0.15) is 6.10 Å². The van der Waals surface area contributed by atoms with Crippen molar-refractivity contribution in [2.45, 2.75) is 25.6 Å². The zero-order valence-electron chi connectivity index (χ0n) is 8.52. The van der Waals surface area contributed by atoms with Crippen molar-refractivity contribution in [3.05, 3.63) is 34.3 Å². The molecule has 0 fully saturated rings. The molecule has 0 heterocycles. The minimum absolute atomic E-state index is 0.146. The van der Waals surface area contributed by atoms with Crippen molar-refractivity contribution >= 4 is 11.6 Å². The van der Waals surface area contributed by atoms with Gasteiger partial charge >= 0.3 is 0 Å². The van der Waals surface area contributed by atoms with E-state index >= 15 is 0 Å². The number of aliphatic hydroxyl groups is 3. The van der Waals surface area contributed by atoms with Gasteiger partial charge in [-0.2, -0.15) is 0 Å². The molecular weight excluding hydrogens is 216 g/mol. The third-order valence-electron chi connectivity index (χ3n) is 2.35. The minimum Gasteiger partial charge on any atom is -0.396 e. The van der Waals surface area contributed by atoms with Gasteiger partial charge in [0.05, 0.1) is 6.10 Å². The van der Waals surface area contributed by atoms with Crippen LogP contribution in [0.2, 0.25) is 5.02 Å². The fraction of sp³-hybridized carbons (Fsp3) is 0.455. The first kappa shape index (κ1) is 12.5. The van der Waals surface area contributed by atoms with E-state index in [-0.39, 0.29) is 13.0 Å². The predicted molar refractivity (Wildman–Crippen MR) is 58.9 cm³/mol. The van der Waals surface area contributed by atoms with E-state index in [1.54, 1.807) is 18.2 Å². The van der Waals surface area contributed by atoms with E-state index in [0.717, 1.165) is 5.56 Å². The third kappa shape index (κ3) is 3.18. The summed E-state index contributed by atoms with van der Waals surface area (Å²) < 4.78 is 0. The van der Waals surface area contributed by atoms with Crippen LogP contribution in [0.15, 0.2) is 18.2 Å². The van der Waals surface area contributed by atoms with E-state index in [1.165, 1.54) is 0 Å².